The lowest BCUT2D eigenvalue weighted by atomic mass is 10.2. The third-order valence-electron chi connectivity index (χ3n) is 4.85. The number of rotatable bonds is 9. The molecule has 0 atom stereocenters. The third kappa shape index (κ3) is 5.98. The van der Waals surface area contributed by atoms with E-state index in [1.165, 1.54) is 29.6 Å². The first kappa shape index (κ1) is 24.0. The van der Waals surface area contributed by atoms with E-state index in [0.29, 0.717) is 23.3 Å². The van der Waals surface area contributed by atoms with Crippen LogP contribution in [0.15, 0.2) is 56.7 Å². The zero-order valence-corrected chi connectivity index (χ0v) is 20.3. The number of halogens is 1. The molecule has 1 saturated heterocycles. The molecule has 0 unspecified atom stereocenters. The lowest BCUT2D eigenvalue weighted by Gasteiger charge is -2.25. The summed E-state index contributed by atoms with van der Waals surface area (Å²) < 4.78 is 65.7. The molecule has 0 aromatic heterocycles. The molecule has 3 rings (SSSR count). The van der Waals surface area contributed by atoms with Crippen molar-refractivity contribution in [3.63, 3.8) is 0 Å². The fourth-order valence-corrected chi connectivity index (χ4v) is 6.48. The molecule has 11 heteroatoms. The number of nitrogens with zero attached hydrogens (tertiary/aromatic N) is 1. The number of methoxy groups -OCH3 is 1. The summed E-state index contributed by atoms with van der Waals surface area (Å²) in [5, 5.41) is 0. The quantitative estimate of drug-likeness (QED) is 0.498. The van der Waals surface area contributed by atoms with Crippen LogP contribution in [0, 0.1) is 0 Å². The minimum absolute atomic E-state index is 0.0247. The maximum Gasteiger partial charge on any atom is 0.244 e. The molecule has 31 heavy (non-hydrogen) atoms. The Morgan fingerprint density at radius 3 is 2.32 bits per heavy atom. The van der Waals surface area contributed by atoms with Gasteiger partial charge in [0.1, 0.15) is 23.0 Å². The highest BCUT2D eigenvalue weighted by atomic mass is 79.9. The van der Waals surface area contributed by atoms with Crippen LogP contribution in [0.1, 0.15) is 19.3 Å². The molecular weight excluding hydrogens is 508 g/mol. The summed E-state index contributed by atoms with van der Waals surface area (Å²) in [6.45, 7) is 1.20. The van der Waals surface area contributed by atoms with Gasteiger partial charge in [-0.1, -0.05) is 22.4 Å². The van der Waals surface area contributed by atoms with Gasteiger partial charge in [-0.25, -0.2) is 21.6 Å². The lowest BCUT2D eigenvalue weighted by Crippen LogP contribution is -2.35. The normalized spacial score (nSPS) is 15.5. The Morgan fingerprint density at radius 1 is 1.00 bits per heavy atom. The van der Waals surface area contributed by atoms with Crippen LogP contribution < -0.4 is 14.2 Å². The van der Waals surface area contributed by atoms with E-state index in [4.69, 9.17) is 9.47 Å². The highest BCUT2D eigenvalue weighted by molar-refractivity contribution is 9.10. The van der Waals surface area contributed by atoms with Crippen LogP contribution in [0.4, 0.5) is 0 Å². The van der Waals surface area contributed by atoms with Gasteiger partial charge in [0, 0.05) is 24.1 Å². The van der Waals surface area contributed by atoms with Crippen molar-refractivity contribution < 1.29 is 26.3 Å². The van der Waals surface area contributed by atoms with E-state index in [0.717, 1.165) is 19.3 Å². The van der Waals surface area contributed by atoms with E-state index < -0.39 is 20.0 Å². The minimum atomic E-state index is -3.79. The largest absolute Gasteiger partial charge is 0.495 e. The van der Waals surface area contributed by atoms with E-state index in [2.05, 4.69) is 20.7 Å². The number of nitrogens with one attached hydrogen (secondary N) is 1. The molecule has 1 heterocycles. The van der Waals surface area contributed by atoms with E-state index in [9.17, 15) is 16.8 Å². The average molecular weight is 533 g/mol. The molecule has 1 aliphatic heterocycles. The van der Waals surface area contributed by atoms with Gasteiger partial charge in [0.25, 0.3) is 0 Å². The van der Waals surface area contributed by atoms with Crippen LogP contribution in [0.5, 0.6) is 11.5 Å². The zero-order valence-electron chi connectivity index (χ0n) is 17.1. The zero-order chi connectivity index (χ0) is 22.5. The molecule has 2 aromatic carbocycles. The van der Waals surface area contributed by atoms with Gasteiger partial charge in [-0.2, -0.15) is 4.31 Å². The Kier molecular flexibility index (Phi) is 7.98. The van der Waals surface area contributed by atoms with E-state index in [1.54, 1.807) is 24.3 Å². The fourth-order valence-electron chi connectivity index (χ4n) is 3.25. The summed E-state index contributed by atoms with van der Waals surface area (Å²) in [5.74, 6) is 0.693. The van der Waals surface area contributed by atoms with Crippen molar-refractivity contribution in [3.8, 4) is 11.5 Å². The van der Waals surface area contributed by atoms with Crippen LogP contribution in [0.3, 0.4) is 0 Å². The fraction of sp³-hybridized carbons (Fsp3) is 0.400. The van der Waals surface area contributed by atoms with E-state index in [1.807, 2.05) is 0 Å². The van der Waals surface area contributed by atoms with Crippen LogP contribution >= 0.6 is 15.9 Å². The Morgan fingerprint density at radius 2 is 1.68 bits per heavy atom. The summed E-state index contributed by atoms with van der Waals surface area (Å²) >= 11 is 3.26. The van der Waals surface area contributed by atoms with Gasteiger partial charge in [0.05, 0.1) is 12.0 Å². The number of sulfonamides is 2. The lowest BCUT2D eigenvalue weighted by molar-refractivity contribution is 0.322. The molecule has 1 aliphatic rings. The molecule has 8 nitrogen and oxygen atoms in total. The molecule has 0 bridgehead atoms. The van der Waals surface area contributed by atoms with Gasteiger partial charge >= 0.3 is 0 Å². The predicted octanol–water partition coefficient (Wildman–Crippen LogP) is 2.99. The van der Waals surface area contributed by atoms with Crippen LogP contribution in [-0.2, 0) is 20.0 Å². The van der Waals surface area contributed by atoms with E-state index >= 15 is 0 Å². The first-order valence-electron chi connectivity index (χ1n) is 9.80. The molecule has 0 aliphatic carbocycles. The van der Waals surface area contributed by atoms with Gasteiger partial charge in [-0.15, -0.1) is 0 Å². The number of piperidine rings is 1. The van der Waals surface area contributed by atoms with Crippen molar-refractivity contribution in [1.29, 1.82) is 0 Å². The SMILES string of the molecule is COc1ccc(Br)cc1S(=O)(=O)NCCOc1ccc(S(=O)(=O)N2CCCCC2)cc1. The number of ether oxygens (including phenoxy) is 2. The molecule has 0 amide bonds. The Labute approximate surface area is 191 Å². The maximum atomic E-state index is 12.7. The second-order valence-electron chi connectivity index (χ2n) is 6.98. The van der Waals surface area contributed by atoms with Gasteiger partial charge in [0.15, 0.2) is 0 Å². The first-order valence-corrected chi connectivity index (χ1v) is 13.5. The molecule has 0 saturated carbocycles. The predicted molar refractivity (Wildman–Crippen MR) is 120 cm³/mol. The average Bonchev–Trinajstić information content (AvgIpc) is 2.77. The molecule has 0 spiro atoms. The summed E-state index contributed by atoms with van der Waals surface area (Å²) in [7, 11) is -5.88. The molecule has 1 N–H and O–H groups in total. The van der Waals surface area contributed by atoms with Crippen molar-refractivity contribution in [2.75, 3.05) is 33.4 Å². The van der Waals surface area contributed by atoms with Crippen LogP contribution in [0.25, 0.3) is 0 Å². The van der Waals surface area contributed by atoms with Gasteiger partial charge in [-0.05, 0) is 55.3 Å². The molecule has 170 valence electrons. The van der Waals surface area contributed by atoms with Gasteiger partial charge in [-0.3, -0.25) is 0 Å². The van der Waals surface area contributed by atoms with Crippen molar-refractivity contribution in [3.05, 3.63) is 46.9 Å². The summed E-state index contributed by atoms with van der Waals surface area (Å²) in [6, 6.07) is 10.9. The van der Waals surface area contributed by atoms with Crippen LogP contribution in [-0.4, -0.2) is 54.5 Å². The van der Waals surface area contributed by atoms with Crippen molar-refractivity contribution in [2.24, 2.45) is 0 Å². The molecular formula is C20H25BrN2O6S2. The minimum Gasteiger partial charge on any atom is -0.495 e. The molecule has 2 aromatic rings. The monoisotopic (exact) mass is 532 g/mol. The van der Waals surface area contributed by atoms with Gasteiger partial charge < -0.3 is 9.47 Å². The molecule has 1 fully saturated rings. The summed E-state index contributed by atoms with van der Waals surface area (Å²) in [4.78, 5) is 0.251. The Balaban J connectivity index is 1.56. The Hall–Kier alpha value is -1.66. The number of hydrogen-bond donors (Lipinski definition) is 1. The first-order chi connectivity index (χ1) is 14.7. The topological polar surface area (TPSA) is 102 Å². The highest BCUT2D eigenvalue weighted by Crippen LogP contribution is 2.27. The standard InChI is InChI=1S/C20H25BrN2O6S2/c1-28-19-10-5-16(21)15-20(19)30(24,25)22-11-14-29-17-6-8-18(9-7-17)31(26,27)23-12-3-2-4-13-23/h5-10,15,22H,2-4,11-14H2,1H3. The Bertz CT molecular complexity index is 1100. The van der Waals surface area contributed by atoms with Crippen molar-refractivity contribution in [2.45, 2.75) is 29.1 Å². The molecule has 0 radical (unpaired) electrons. The summed E-state index contributed by atoms with van der Waals surface area (Å²) in [5.41, 5.74) is 0. The van der Waals surface area contributed by atoms with E-state index in [-0.39, 0.29) is 28.7 Å². The second-order valence-corrected chi connectivity index (χ2v) is 11.6. The number of benzene rings is 2. The number of hydrogen-bond acceptors (Lipinski definition) is 6. The second kappa shape index (κ2) is 10.3. The maximum absolute atomic E-state index is 12.7. The smallest absolute Gasteiger partial charge is 0.244 e. The van der Waals surface area contributed by atoms with Gasteiger partial charge in [0.2, 0.25) is 20.0 Å². The summed E-state index contributed by atoms with van der Waals surface area (Å²) in [6.07, 6.45) is 2.81. The van der Waals surface area contributed by atoms with Crippen molar-refractivity contribution in [1.82, 2.24) is 9.03 Å². The third-order valence-corrected chi connectivity index (χ3v) is 8.74. The van der Waals surface area contributed by atoms with Crippen LogP contribution in [0.2, 0.25) is 0 Å². The van der Waals surface area contributed by atoms with Crippen molar-refractivity contribution >= 4 is 36.0 Å². The highest BCUT2D eigenvalue weighted by Gasteiger charge is 2.25.